The van der Waals surface area contributed by atoms with Crippen molar-refractivity contribution in [3.05, 3.63) is 40.1 Å². The maximum absolute atomic E-state index is 6.12. The number of hydrogen-bond donors (Lipinski definition) is 0. The summed E-state index contributed by atoms with van der Waals surface area (Å²) >= 11 is 12.2. The molecule has 0 bridgehead atoms. The summed E-state index contributed by atoms with van der Waals surface area (Å²) in [6.07, 6.45) is 0.720. The minimum Gasteiger partial charge on any atom is -0.378 e. The molecule has 100 valence electrons. The lowest BCUT2D eigenvalue weighted by Gasteiger charge is -2.12. The van der Waals surface area contributed by atoms with Gasteiger partial charge >= 0.3 is 0 Å². The van der Waals surface area contributed by atoms with E-state index in [1.54, 1.807) is 0 Å². The zero-order valence-electron chi connectivity index (χ0n) is 11.1. The van der Waals surface area contributed by atoms with Crippen molar-refractivity contribution in [3.8, 4) is 11.4 Å². The van der Waals surface area contributed by atoms with Crippen molar-refractivity contribution in [1.82, 2.24) is 9.97 Å². The van der Waals surface area contributed by atoms with E-state index >= 15 is 0 Å². The van der Waals surface area contributed by atoms with E-state index < -0.39 is 0 Å². The highest BCUT2D eigenvalue weighted by molar-refractivity contribution is 6.34. The van der Waals surface area contributed by atoms with Gasteiger partial charge in [0.2, 0.25) is 0 Å². The fourth-order valence-electron chi connectivity index (χ4n) is 1.76. The van der Waals surface area contributed by atoms with Crippen molar-refractivity contribution in [2.45, 2.75) is 13.3 Å². The average Bonchev–Trinajstić information content (AvgIpc) is 2.38. The summed E-state index contributed by atoms with van der Waals surface area (Å²) < 4.78 is 0. The monoisotopic (exact) mass is 295 g/mol. The number of benzene rings is 1. The van der Waals surface area contributed by atoms with Gasteiger partial charge in [-0.1, -0.05) is 30.1 Å². The average molecular weight is 296 g/mol. The fourth-order valence-corrected chi connectivity index (χ4v) is 2.42. The second-order valence-electron chi connectivity index (χ2n) is 4.40. The molecule has 2 aromatic rings. The second kappa shape index (κ2) is 5.76. The molecule has 0 saturated carbocycles. The minimum absolute atomic E-state index is 0.425. The molecule has 0 aliphatic rings. The van der Waals surface area contributed by atoms with Crippen LogP contribution in [0.1, 0.15) is 12.5 Å². The van der Waals surface area contributed by atoms with Crippen LogP contribution < -0.4 is 4.90 Å². The lowest BCUT2D eigenvalue weighted by Crippen LogP contribution is -2.08. The highest BCUT2D eigenvalue weighted by atomic mass is 35.5. The number of hydrogen-bond acceptors (Lipinski definition) is 3. The first-order valence-corrected chi connectivity index (χ1v) is 6.78. The van der Waals surface area contributed by atoms with E-state index in [1.807, 2.05) is 50.2 Å². The lowest BCUT2D eigenvalue weighted by molar-refractivity contribution is 1.05. The first-order valence-electron chi connectivity index (χ1n) is 6.02. The van der Waals surface area contributed by atoms with Crippen LogP contribution in [-0.2, 0) is 6.42 Å². The van der Waals surface area contributed by atoms with Crippen molar-refractivity contribution >= 4 is 28.9 Å². The number of rotatable bonds is 3. The zero-order chi connectivity index (χ0) is 14.0. The molecular weight excluding hydrogens is 281 g/mol. The predicted molar refractivity (Wildman–Crippen MR) is 81.2 cm³/mol. The van der Waals surface area contributed by atoms with Crippen LogP contribution in [0.5, 0.6) is 0 Å². The summed E-state index contributed by atoms with van der Waals surface area (Å²) in [6.45, 7) is 1.97. The molecule has 0 N–H and O–H groups in total. The number of anilines is 1. The van der Waals surface area contributed by atoms with Crippen LogP contribution >= 0.6 is 23.2 Å². The molecule has 0 aliphatic carbocycles. The summed E-state index contributed by atoms with van der Waals surface area (Å²) in [5, 5.41) is 0.850. The van der Waals surface area contributed by atoms with Crippen molar-refractivity contribution in [2.24, 2.45) is 0 Å². The van der Waals surface area contributed by atoms with Crippen LogP contribution in [-0.4, -0.2) is 24.1 Å². The van der Waals surface area contributed by atoms with E-state index in [4.69, 9.17) is 23.2 Å². The predicted octanol–water partition coefficient (Wildman–Crippen LogP) is 4.08. The Labute approximate surface area is 123 Å². The van der Waals surface area contributed by atoms with Gasteiger partial charge in [-0.15, -0.1) is 0 Å². The molecule has 0 aliphatic heterocycles. The summed E-state index contributed by atoms with van der Waals surface area (Å²) in [5.74, 6) is 0.553. The van der Waals surface area contributed by atoms with Crippen molar-refractivity contribution in [2.75, 3.05) is 19.0 Å². The number of nitrogens with zero attached hydrogens (tertiary/aromatic N) is 3. The topological polar surface area (TPSA) is 29.0 Å². The van der Waals surface area contributed by atoms with Gasteiger partial charge in [0.1, 0.15) is 10.3 Å². The summed E-state index contributed by atoms with van der Waals surface area (Å²) in [5.41, 5.74) is 2.81. The van der Waals surface area contributed by atoms with Crippen LogP contribution in [0.3, 0.4) is 0 Å². The van der Waals surface area contributed by atoms with Crippen LogP contribution in [0.15, 0.2) is 24.3 Å². The van der Waals surface area contributed by atoms with E-state index in [0.717, 1.165) is 23.2 Å². The van der Waals surface area contributed by atoms with Gasteiger partial charge in [0, 0.05) is 30.9 Å². The standard InChI is InChI=1S/C14H15Cl2N3/c1-4-11-12(15)17-14(18-13(11)16)9-5-7-10(8-6-9)19(2)3/h5-8H,4H2,1-3H3. The normalized spacial score (nSPS) is 10.6. The van der Waals surface area contributed by atoms with E-state index in [0.29, 0.717) is 16.1 Å². The van der Waals surface area contributed by atoms with Crippen molar-refractivity contribution in [3.63, 3.8) is 0 Å². The molecule has 3 nitrogen and oxygen atoms in total. The molecule has 0 atom stereocenters. The fraction of sp³-hybridized carbons (Fsp3) is 0.286. The van der Waals surface area contributed by atoms with E-state index in [9.17, 15) is 0 Å². The Morgan fingerprint density at radius 1 is 1.00 bits per heavy atom. The zero-order valence-corrected chi connectivity index (χ0v) is 12.6. The van der Waals surface area contributed by atoms with Gasteiger partial charge in [-0.2, -0.15) is 0 Å². The molecule has 0 radical (unpaired) electrons. The molecule has 19 heavy (non-hydrogen) atoms. The van der Waals surface area contributed by atoms with Crippen LogP contribution in [0.25, 0.3) is 11.4 Å². The lowest BCUT2D eigenvalue weighted by atomic mass is 10.2. The van der Waals surface area contributed by atoms with E-state index in [1.165, 1.54) is 0 Å². The quantitative estimate of drug-likeness (QED) is 0.799. The summed E-state index contributed by atoms with van der Waals surface area (Å²) in [7, 11) is 3.99. The molecule has 0 spiro atoms. The number of aromatic nitrogens is 2. The molecule has 1 aromatic carbocycles. The Bertz CT molecular complexity index is 557. The Morgan fingerprint density at radius 3 is 1.95 bits per heavy atom. The third-order valence-corrected chi connectivity index (χ3v) is 3.53. The largest absolute Gasteiger partial charge is 0.378 e. The molecule has 2 rings (SSSR count). The molecule has 1 aromatic heterocycles. The molecule has 0 amide bonds. The molecule has 1 heterocycles. The maximum Gasteiger partial charge on any atom is 0.162 e. The number of halogens is 2. The third kappa shape index (κ3) is 2.99. The Morgan fingerprint density at radius 2 is 1.53 bits per heavy atom. The SMILES string of the molecule is CCc1c(Cl)nc(-c2ccc(N(C)C)cc2)nc1Cl. The van der Waals surface area contributed by atoms with E-state index in [2.05, 4.69) is 9.97 Å². The Hall–Kier alpha value is -1.32. The Kier molecular flexibility index (Phi) is 4.27. The van der Waals surface area contributed by atoms with Crippen molar-refractivity contribution < 1.29 is 0 Å². The van der Waals surface area contributed by atoms with Gasteiger partial charge < -0.3 is 4.90 Å². The van der Waals surface area contributed by atoms with Gasteiger partial charge in [0.15, 0.2) is 5.82 Å². The smallest absolute Gasteiger partial charge is 0.162 e. The van der Waals surface area contributed by atoms with Gasteiger partial charge in [0.05, 0.1) is 0 Å². The molecule has 0 fully saturated rings. The van der Waals surface area contributed by atoms with E-state index in [-0.39, 0.29) is 0 Å². The molecular formula is C14H15Cl2N3. The minimum atomic E-state index is 0.425. The second-order valence-corrected chi connectivity index (χ2v) is 5.12. The summed E-state index contributed by atoms with van der Waals surface area (Å²) in [4.78, 5) is 10.6. The third-order valence-electron chi connectivity index (χ3n) is 2.90. The molecule has 0 saturated heterocycles. The van der Waals surface area contributed by atoms with Crippen LogP contribution in [0, 0.1) is 0 Å². The van der Waals surface area contributed by atoms with Gasteiger partial charge in [-0.25, -0.2) is 9.97 Å². The van der Waals surface area contributed by atoms with Crippen molar-refractivity contribution in [1.29, 1.82) is 0 Å². The van der Waals surface area contributed by atoms with Gasteiger partial charge in [0.25, 0.3) is 0 Å². The van der Waals surface area contributed by atoms with Crippen LogP contribution in [0.2, 0.25) is 10.3 Å². The van der Waals surface area contributed by atoms with Gasteiger partial charge in [-0.3, -0.25) is 0 Å². The van der Waals surface area contributed by atoms with Crippen LogP contribution in [0.4, 0.5) is 5.69 Å². The maximum atomic E-state index is 6.12. The summed E-state index contributed by atoms with van der Waals surface area (Å²) in [6, 6.07) is 7.94. The highest BCUT2D eigenvalue weighted by Crippen LogP contribution is 2.26. The van der Waals surface area contributed by atoms with Gasteiger partial charge in [-0.05, 0) is 30.7 Å². The first kappa shape index (κ1) is 14.1. The highest BCUT2D eigenvalue weighted by Gasteiger charge is 2.11. The molecule has 5 heteroatoms. The molecule has 0 unspecified atom stereocenters. The first-order chi connectivity index (χ1) is 9.02. The Balaban J connectivity index is 2.42.